The summed E-state index contributed by atoms with van der Waals surface area (Å²) >= 11 is 11.2. The molecule has 0 spiro atoms. The Balaban J connectivity index is 1.72. The number of amides is 1. The maximum Gasteiger partial charge on any atom is 0.261 e. The number of fused-ring (bicyclic) bond motifs is 1. The van der Waals surface area contributed by atoms with Gasteiger partial charge >= 0.3 is 0 Å². The molecule has 0 radical (unpaired) electrons. The largest absolute Gasteiger partial charge is 0.341 e. The number of rotatable bonds is 4. The van der Waals surface area contributed by atoms with Crippen LogP contribution < -0.4 is 10.9 Å². The minimum Gasteiger partial charge on any atom is -0.341 e. The van der Waals surface area contributed by atoms with Crippen molar-refractivity contribution in [3.05, 3.63) is 110 Å². The molecule has 1 unspecified atom stereocenters. The Morgan fingerprint density at radius 2 is 1.70 bits per heavy atom. The summed E-state index contributed by atoms with van der Waals surface area (Å²) in [4.78, 5) is 28.5. The summed E-state index contributed by atoms with van der Waals surface area (Å²) in [6.07, 6.45) is 0. The highest BCUT2D eigenvalue weighted by Gasteiger charge is 2.18. The number of halogens is 1. The van der Waals surface area contributed by atoms with Crippen molar-refractivity contribution in [1.82, 2.24) is 14.9 Å². The van der Waals surface area contributed by atoms with Crippen LogP contribution in [0.25, 0.3) is 10.9 Å². The first-order valence-electron chi connectivity index (χ1n) is 9.28. The Morgan fingerprint density at radius 1 is 1.03 bits per heavy atom. The average Bonchev–Trinajstić information content (AvgIpc) is 2.77. The third-order valence-electron chi connectivity index (χ3n) is 4.97. The molecule has 3 aromatic carbocycles. The third-order valence-corrected chi connectivity index (χ3v) is 5.60. The quantitative estimate of drug-likeness (QED) is 0.454. The Kier molecular flexibility index (Phi) is 5.53. The highest BCUT2D eigenvalue weighted by atomic mass is 35.5. The van der Waals surface area contributed by atoms with Gasteiger partial charge in [-0.2, -0.15) is 0 Å². The van der Waals surface area contributed by atoms with E-state index in [0.717, 1.165) is 11.1 Å². The molecule has 0 saturated heterocycles. The Hall–Kier alpha value is -3.22. The zero-order valence-electron chi connectivity index (χ0n) is 16.1. The van der Waals surface area contributed by atoms with E-state index in [1.165, 1.54) is 4.57 Å². The summed E-state index contributed by atoms with van der Waals surface area (Å²) in [5.41, 5.74) is 2.61. The fourth-order valence-electron chi connectivity index (χ4n) is 3.32. The van der Waals surface area contributed by atoms with Crippen LogP contribution in [0.1, 0.15) is 27.5 Å². The lowest BCUT2D eigenvalue weighted by Gasteiger charge is -2.20. The van der Waals surface area contributed by atoms with Crippen molar-refractivity contribution in [1.29, 1.82) is 0 Å². The number of carbonyl (C=O) groups is 1. The maximum absolute atomic E-state index is 13.1. The summed E-state index contributed by atoms with van der Waals surface area (Å²) in [5, 5.41) is 4.19. The first kappa shape index (κ1) is 20.1. The van der Waals surface area contributed by atoms with E-state index >= 15 is 0 Å². The second-order valence-corrected chi connectivity index (χ2v) is 7.75. The van der Waals surface area contributed by atoms with Crippen LogP contribution in [0.5, 0.6) is 0 Å². The number of benzene rings is 3. The predicted molar refractivity (Wildman–Crippen MR) is 122 cm³/mol. The van der Waals surface area contributed by atoms with E-state index in [0.29, 0.717) is 26.3 Å². The number of aromatic amines is 1. The molecule has 150 valence electrons. The van der Waals surface area contributed by atoms with Crippen LogP contribution in [0.3, 0.4) is 0 Å². The number of aromatic nitrogens is 2. The van der Waals surface area contributed by atoms with Crippen LogP contribution >= 0.6 is 23.8 Å². The van der Waals surface area contributed by atoms with Gasteiger partial charge in [-0.1, -0.05) is 54.1 Å². The summed E-state index contributed by atoms with van der Waals surface area (Å²) in [6.45, 7) is 0. The number of hydrogen-bond acceptors (Lipinski definition) is 3. The molecule has 30 heavy (non-hydrogen) atoms. The smallest absolute Gasteiger partial charge is 0.261 e. The van der Waals surface area contributed by atoms with Crippen LogP contribution in [0.15, 0.2) is 77.6 Å². The van der Waals surface area contributed by atoms with Gasteiger partial charge in [0.25, 0.3) is 11.5 Å². The molecule has 4 rings (SSSR count). The fraction of sp³-hybridized carbons (Fsp3) is 0.0870. The standard InChI is InChI=1S/C23H18ClN3O2S/c1-27-22(29)18-12-9-16(13-19(18)25-23(27)30)21(28)26-20(14-5-3-2-4-6-14)15-7-10-17(24)11-8-15/h2-13,20H,1H3,(H,25,30)(H,26,28). The normalized spacial score (nSPS) is 11.9. The van der Waals surface area contributed by atoms with Gasteiger partial charge in [-0.3, -0.25) is 14.2 Å². The molecule has 0 aliphatic carbocycles. The molecule has 2 N–H and O–H groups in total. The van der Waals surface area contributed by atoms with Crippen LogP contribution in [0, 0.1) is 4.77 Å². The molecule has 1 aromatic heterocycles. The molecule has 1 heterocycles. The average molecular weight is 436 g/mol. The minimum absolute atomic E-state index is 0.205. The zero-order chi connectivity index (χ0) is 21.3. The van der Waals surface area contributed by atoms with Gasteiger partial charge in [0.2, 0.25) is 0 Å². The van der Waals surface area contributed by atoms with E-state index in [-0.39, 0.29) is 17.5 Å². The predicted octanol–water partition coefficient (Wildman–Crippen LogP) is 4.77. The van der Waals surface area contributed by atoms with Crippen molar-refractivity contribution < 1.29 is 4.79 Å². The minimum atomic E-state index is -0.353. The Morgan fingerprint density at radius 3 is 2.40 bits per heavy atom. The SMILES string of the molecule is Cn1c(=S)[nH]c2cc(C(=O)NC(c3ccccc3)c3ccc(Cl)cc3)ccc2c1=O. The number of hydrogen-bond donors (Lipinski definition) is 2. The Labute approximate surface area is 183 Å². The number of carbonyl (C=O) groups excluding carboxylic acids is 1. The van der Waals surface area contributed by atoms with Crippen LogP contribution in [0.4, 0.5) is 0 Å². The number of H-pyrrole nitrogens is 1. The molecule has 1 atom stereocenters. The van der Waals surface area contributed by atoms with Gasteiger partial charge in [-0.05, 0) is 53.7 Å². The molecule has 0 aliphatic rings. The molecule has 1 amide bonds. The van der Waals surface area contributed by atoms with Crippen molar-refractivity contribution >= 4 is 40.6 Å². The van der Waals surface area contributed by atoms with E-state index in [9.17, 15) is 9.59 Å². The first-order valence-corrected chi connectivity index (χ1v) is 10.1. The van der Waals surface area contributed by atoms with Gasteiger partial charge in [0, 0.05) is 17.6 Å². The third kappa shape index (κ3) is 3.92. The number of nitrogens with one attached hydrogen (secondary N) is 2. The lowest BCUT2D eigenvalue weighted by Crippen LogP contribution is -2.29. The van der Waals surface area contributed by atoms with E-state index < -0.39 is 0 Å². The van der Waals surface area contributed by atoms with E-state index in [1.54, 1.807) is 37.4 Å². The van der Waals surface area contributed by atoms with E-state index in [4.69, 9.17) is 23.8 Å². The van der Waals surface area contributed by atoms with Gasteiger partial charge in [0.15, 0.2) is 4.77 Å². The van der Waals surface area contributed by atoms with E-state index in [2.05, 4.69) is 10.3 Å². The molecule has 0 bridgehead atoms. The van der Waals surface area contributed by atoms with Crippen molar-refractivity contribution in [3.8, 4) is 0 Å². The molecule has 0 aliphatic heterocycles. The summed E-state index contributed by atoms with van der Waals surface area (Å²) < 4.78 is 1.66. The molecule has 0 fully saturated rings. The second kappa shape index (κ2) is 8.26. The van der Waals surface area contributed by atoms with Gasteiger partial charge in [-0.25, -0.2) is 0 Å². The first-order chi connectivity index (χ1) is 14.4. The monoisotopic (exact) mass is 435 g/mol. The van der Waals surface area contributed by atoms with Crippen molar-refractivity contribution in [2.24, 2.45) is 7.05 Å². The van der Waals surface area contributed by atoms with Crippen LogP contribution in [-0.4, -0.2) is 15.5 Å². The Bertz CT molecular complexity index is 1350. The topological polar surface area (TPSA) is 66.9 Å². The molecular weight excluding hydrogens is 418 g/mol. The molecule has 0 saturated carbocycles. The lowest BCUT2D eigenvalue weighted by atomic mass is 9.98. The summed E-state index contributed by atoms with van der Waals surface area (Å²) in [5.74, 6) is -0.263. The highest BCUT2D eigenvalue weighted by Crippen LogP contribution is 2.24. The van der Waals surface area contributed by atoms with E-state index in [1.807, 2.05) is 42.5 Å². The maximum atomic E-state index is 13.1. The van der Waals surface area contributed by atoms with Crippen molar-refractivity contribution in [2.75, 3.05) is 0 Å². The van der Waals surface area contributed by atoms with Crippen LogP contribution in [0.2, 0.25) is 5.02 Å². The lowest BCUT2D eigenvalue weighted by molar-refractivity contribution is 0.0943. The molecule has 7 heteroatoms. The van der Waals surface area contributed by atoms with Crippen molar-refractivity contribution in [2.45, 2.75) is 6.04 Å². The van der Waals surface area contributed by atoms with Crippen molar-refractivity contribution in [3.63, 3.8) is 0 Å². The second-order valence-electron chi connectivity index (χ2n) is 6.92. The van der Waals surface area contributed by atoms with Gasteiger partial charge in [0.05, 0.1) is 16.9 Å². The van der Waals surface area contributed by atoms with Gasteiger partial charge < -0.3 is 10.3 Å². The van der Waals surface area contributed by atoms with Gasteiger partial charge in [-0.15, -0.1) is 0 Å². The zero-order valence-corrected chi connectivity index (χ0v) is 17.6. The van der Waals surface area contributed by atoms with Gasteiger partial charge in [0.1, 0.15) is 0 Å². The number of nitrogens with zero attached hydrogens (tertiary/aromatic N) is 1. The molecule has 4 aromatic rings. The van der Waals surface area contributed by atoms with Crippen LogP contribution in [-0.2, 0) is 7.05 Å². The molecule has 5 nitrogen and oxygen atoms in total. The fourth-order valence-corrected chi connectivity index (χ4v) is 3.64. The summed E-state index contributed by atoms with van der Waals surface area (Å²) in [6, 6.07) is 21.6. The highest BCUT2D eigenvalue weighted by molar-refractivity contribution is 7.71. The summed E-state index contributed by atoms with van der Waals surface area (Å²) in [7, 11) is 1.61. The molecular formula is C23H18ClN3O2S.